The number of benzene rings is 2. The van der Waals surface area contributed by atoms with Crippen LogP contribution in [-0.2, 0) is 11.3 Å². The van der Waals surface area contributed by atoms with E-state index in [1.54, 1.807) is 11.3 Å². The highest BCUT2D eigenvalue weighted by atomic mass is 32.1. The Morgan fingerprint density at radius 2 is 1.69 bits per heavy atom. The summed E-state index contributed by atoms with van der Waals surface area (Å²) in [5.74, 6) is 1.75. The molecular formula is C23H26N2O3S. The van der Waals surface area contributed by atoms with E-state index in [1.165, 1.54) is 4.88 Å². The SMILES string of the molecule is Cc1sc(COc2ccccc2)nc1-c1ccc(OCCN2CCOCC2)cc1. The van der Waals surface area contributed by atoms with E-state index < -0.39 is 0 Å². The van der Waals surface area contributed by atoms with Gasteiger partial charge in [-0.3, -0.25) is 4.90 Å². The van der Waals surface area contributed by atoms with Crippen molar-refractivity contribution in [3.8, 4) is 22.8 Å². The highest BCUT2D eigenvalue weighted by molar-refractivity contribution is 7.12. The lowest BCUT2D eigenvalue weighted by molar-refractivity contribution is 0.0322. The monoisotopic (exact) mass is 410 g/mol. The summed E-state index contributed by atoms with van der Waals surface area (Å²) in [6, 6.07) is 18.0. The van der Waals surface area contributed by atoms with E-state index >= 15 is 0 Å². The van der Waals surface area contributed by atoms with Gasteiger partial charge in [0.05, 0.1) is 18.9 Å². The van der Waals surface area contributed by atoms with E-state index in [1.807, 2.05) is 42.5 Å². The maximum absolute atomic E-state index is 5.90. The van der Waals surface area contributed by atoms with Gasteiger partial charge in [-0.05, 0) is 43.3 Å². The van der Waals surface area contributed by atoms with Gasteiger partial charge in [0.25, 0.3) is 0 Å². The second kappa shape index (κ2) is 9.87. The smallest absolute Gasteiger partial charge is 0.140 e. The number of hydrogen-bond acceptors (Lipinski definition) is 6. The van der Waals surface area contributed by atoms with Crippen LogP contribution in [0.5, 0.6) is 11.5 Å². The van der Waals surface area contributed by atoms with Crippen LogP contribution in [0.15, 0.2) is 54.6 Å². The molecule has 0 amide bonds. The van der Waals surface area contributed by atoms with Crippen LogP contribution >= 0.6 is 11.3 Å². The molecule has 1 aliphatic heterocycles. The molecule has 4 rings (SSSR count). The number of morpholine rings is 1. The van der Waals surface area contributed by atoms with Crippen LogP contribution in [0.4, 0.5) is 0 Å². The number of ether oxygens (including phenoxy) is 3. The van der Waals surface area contributed by atoms with E-state index in [-0.39, 0.29) is 0 Å². The van der Waals surface area contributed by atoms with Gasteiger partial charge in [0.15, 0.2) is 0 Å². The molecule has 0 saturated carbocycles. The molecule has 0 spiro atoms. The van der Waals surface area contributed by atoms with Crippen molar-refractivity contribution in [2.75, 3.05) is 39.5 Å². The minimum Gasteiger partial charge on any atom is -0.492 e. The Balaban J connectivity index is 1.31. The first-order valence-corrected chi connectivity index (χ1v) is 10.8. The van der Waals surface area contributed by atoms with Gasteiger partial charge in [-0.25, -0.2) is 4.98 Å². The van der Waals surface area contributed by atoms with Gasteiger partial charge in [0.1, 0.15) is 29.7 Å². The molecule has 2 aromatic carbocycles. The average Bonchev–Trinajstić information content (AvgIpc) is 3.15. The zero-order valence-corrected chi connectivity index (χ0v) is 17.5. The highest BCUT2D eigenvalue weighted by Crippen LogP contribution is 2.29. The number of aryl methyl sites for hydroxylation is 1. The lowest BCUT2D eigenvalue weighted by Crippen LogP contribution is -2.38. The first kappa shape index (κ1) is 19.9. The van der Waals surface area contributed by atoms with E-state index in [2.05, 4.69) is 24.0 Å². The predicted octanol–water partition coefficient (Wildman–Crippen LogP) is 4.41. The third-order valence-corrected chi connectivity index (χ3v) is 5.80. The van der Waals surface area contributed by atoms with Gasteiger partial charge in [-0.15, -0.1) is 11.3 Å². The standard InChI is InChI=1S/C23H26N2O3S/c1-18-23(24-22(29-18)17-28-20-5-3-2-4-6-20)19-7-9-21(10-8-19)27-16-13-25-11-14-26-15-12-25/h2-10H,11-17H2,1H3. The summed E-state index contributed by atoms with van der Waals surface area (Å²) in [4.78, 5) is 8.35. The second-order valence-electron chi connectivity index (χ2n) is 6.94. The second-order valence-corrected chi connectivity index (χ2v) is 8.23. The van der Waals surface area contributed by atoms with Gasteiger partial charge in [0, 0.05) is 30.1 Å². The molecule has 2 heterocycles. The molecule has 5 nitrogen and oxygen atoms in total. The summed E-state index contributed by atoms with van der Waals surface area (Å²) in [5.41, 5.74) is 2.12. The van der Waals surface area contributed by atoms with Crippen molar-refractivity contribution in [3.63, 3.8) is 0 Å². The quantitative estimate of drug-likeness (QED) is 0.550. The fourth-order valence-electron chi connectivity index (χ4n) is 3.27. The Morgan fingerprint density at radius 3 is 2.45 bits per heavy atom. The fraction of sp³-hybridized carbons (Fsp3) is 0.348. The lowest BCUT2D eigenvalue weighted by Gasteiger charge is -2.26. The fourth-order valence-corrected chi connectivity index (χ4v) is 4.14. The molecule has 1 aromatic heterocycles. The van der Waals surface area contributed by atoms with Crippen molar-refractivity contribution in [2.24, 2.45) is 0 Å². The van der Waals surface area contributed by atoms with Gasteiger partial charge in [-0.1, -0.05) is 18.2 Å². The summed E-state index contributed by atoms with van der Waals surface area (Å²) in [5, 5.41) is 0.979. The zero-order chi connectivity index (χ0) is 19.9. The van der Waals surface area contributed by atoms with Gasteiger partial charge < -0.3 is 14.2 Å². The third kappa shape index (κ3) is 5.56. The number of aromatic nitrogens is 1. The number of para-hydroxylation sites is 1. The van der Waals surface area contributed by atoms with Crippen LogP contribution in [0.25, 0.3) is 11.3 Å². The summed E-state index contributed by atoms with van der Waals surface area (Å²) < 4.78 is 17.1. The van der Waals surface area contributed by atoms with E-state index in [9.17, 15) is 0 Å². The van der Waals surface area contributed by atoms with Crippen molar-refractivity contribution in [1.82, 2.24) is 9.88 Å². The molecule has 1 aliphatic rings. The normalized spacial score (nSPS) is 14.7. The van der Waals surface area contributed by atoms with Crippen molar-refractivity contribution in [3.05, 3.63) is 64.5 Å². The molecule has 0 N–H and O–H groups in total. The molecule has 3 aromatic rings. The molecule has 1 fully saturated rings. The first-order chi connectivity index (χ1) is 14.3. The summed E-state index contributed by atoms with van der Waals surface area (Å²) in [6.07, 6.45) is 0. The van der Waals surface area contributed by atoms with Crippen molar-refractivity contribution < 1.29 is 14.2 Å². The molecule has 0 aliphatic carbocycles. The van der Waals surface area contributed by atoms with E-state index in [0.29, 0.717) is 13.2 Å². The highest BCUT2D eigenvalue weighted by Gasteiger charge is 2.12. The van der Waals surface area contributed by atoms with Gasteiger partial charge in [0.2, 0.25) is 0 Å². The Kier molecular flexibility index (Phi) is 6.77. The predicted molar refractivity (Wildman–Crippen MR) is 116 cm³/mol. The molecule has 1 saturated heterocycles. The van der Waals surface area contributed by atoms with Crippen LogP contribution in [0.3, 0.4) is 0 Å². The molecule has 0 unspecified atom stereocenters. The average molecular weight is 411 g/mol. The topological polar surface area (TPSA) is 43.8 Å². The molecule has 152 valence electrons. The van der Waals surface area contributed by atoms with Gasteiger partial charge in [-0.2, -0.15) is 0 Å². The Bertz CT molecular complexity index is 890. The van der Waals surface area contributed by atoms with E-state index in [0.717, 1.165) is 60.6 Å². The maximum atomic E-state index is 5.90. The molecule has 0 atom stereocenters. The van der Waals surface area contributed by atoms with Crippen LogP contribution < -0.4 is 9.47 Å². The van der Waals surface area contributed by atoms with Gasteiger partial charge >= 0.3 is 0 Å². The number of nitrogens with zero attached hydrogens (tertiary/aromatic N) is 2. The van der Waals surface area contributed by atoms with Crippen LogP contribution in [0.2, 0.25) is 0 Å². The van der Waals surface area contributed by atoms with Crippen LogP contribution in [0.1, 0.15) is 9.88 Å². The molecule has 6 heteroatoms. The van der Waals surface area contributed by atoms with Crippen molar-refractivity contribution >= 4 is 11.3 Å². The van der Waals surface area contributed by atoms with Crippen molar-refractivity contribution in [2.45, 2.75) is 13.5 Å². The Hall–Kier alpha value is -2.41. The van der Waals surface area contributed by atoms with Crippen LogP contribution in [-0.4, -0.2) is 49.3 Å². The lowest BCUT2D eigenvalue weighted by atomic mass is 10.1. The first-order valence-electron chi connectivity index (χ1n) is 9.95. The van der Waals surface area contributed by atoms with Crippen LogP contribution in [0, 0.1) is 6.92 Å². The van der Waals surface area contributed by atoms with Crippen molar-refractivity contribution in [1.29, 1.82) is 0 Å². The molecule has 0 bridgehead atoms. The maximum Gasteiger partial charge on any atom is 0.140 e. The number of hydrogen-bond donors (Lipinski definition) is 0. The molecular weight excluding hydrogens is 384 g/mol. The minimum absolute atomic E-state index is 0.484. The number of thiazole rings is 1. The summed E-state index contributed by atoms with van der Waals surface area (Å²) in [7, 11) is 0. The number of rotatable bonds is 8. The third-order valence-electron chi connectivity index (χ3n) is 4.85. The largest absolute Gasteiger partial charge is 0.492 e. The van der Waals surface area contributed by atoms with E-state index in [4.69, 9.17) is 19.2 Å². The Labute approximate surface area is 175 Å². The summed E-state index contributed by atoms with van der Waals surface area (Å²) in [6.45, 7) is 7.82. The zero-order valence-electron chi connectivity index (χ0n) is 16.7. The Morgan fingerprint density at radius 1 is 0.966 bits per heavy atom. The minimum atomic E-state index is 0.484. The molecule has 29 heavy (non-hydrogen) atoms. The summed E-state index contributed by atoms with van der Waals surface area (Å²) >= 11 is 1.68. The molecule has 0 radical (unpaired) electrons.